The molecule has 0 fully saturated rings. The van der Waals surface area contributed by atoms with Crippen LogP contribution in [0.25, 0.3) is 0 Å². The summed E-state index contributed by atoms with van der Waals surface area (Å²) >= 11 is 13.5. The Kier molecular flexibility index (Phi) is 6.12. The molecular formula is C16H16Cl2N2OS. The first-order chi connectivity index (χ1) is 10.5. The number of anilines is 1. The van der Waals surface area contributed by atoms with E-state index in [0.29, 0.717) is 10.0 Å². The van der Waals surface area contributed by atoms with Crippen molar-refractivity contribution in [3.05, 3.63) is 52.8 Å². The zero-order valence-electron chi connectivity index (χ0n) is 12.3. The van der Waals surface area contributed by atoms with Gasteiger partial charge < -0.3 is 4.90 Å². The van der Waals surface area contributed by atoms with Gasteiger partial charge in [-0.05, 0) is 44.2 Å². The van der Waals surface area contributed by atoms with Gasteiger partial charge in [-0.1, -0.05) is 23.2 Å². The molecule has 0 unspecified atom stereocenters. The molecule has 1 aromatic heterocycles. The average Bonchev–Trinajstić information content (AvgIpc) is 2.49. The quantitative estimate of drug-likeness (QED) is 0.714. The number of pyridine rings is 1. The summed E-state index contributed by atoms with van der Waals surface area (Å²) in [6.45, 7) is 3.95. The normalized spacial score (nSPS) is 10.8. The summed E-state index contributed by atoms with van der Waals surface area (Å²) in [6.07, 6.45) is 3.38. The Morgan fingerprint density at radius 2 is 2.09 bits per heavy atom. The van der Waals surface area contributed by atoms with Crippen LogP contribution < -0.4 is 4.90 Å². The van der Waals surface area contributed by atoms with Crippen molar-refractivity contribution < 1.29 is 4.79 Å². The van der Waals surface area contributed by atoms with E-state index in [-0.39, 0.29) is 17.7 Å². The molecule has 22 heavy (non-hydrogen) atoms. The van der Waals surface area contributed by atoms with Crippen molar-refractivity contribution in [2.24, 2.45) is 0 Å². The number of rotatable bonds is 5. The van der Waals surface area contributed by atoms with E-state index in [2.05, 4.69) is 4.98 Å². The van der Waals surface area contributed by atoms with Gasteiger partial charge >= 0.3 is 0 Å². The number of hydrogen-bond acceptors (Lipinski definition) is 3. The van der Waals surface area contributed by atoms with Crippen molar-refractivity contribution in [1.29, 1.82) is 0 Å². The van der Waals surface area contributed by atoms with Crippen LogP contribution >= 0.6 is 35.0 Å². The molecule has 2 rings (SSSR count). The van der Waals surface area contributed by atoms with Gasteiger partial charge in [-0.25, -0.2) is 0 Å². The first-order valence-corrected chi connectivity index (χ1v) is 8.53. The number of halogens is 2. The number of aromatic nitrogens is 1. The van der Waals surface area contributed by atoms with Crippen molar-refractivity contribution >= 4 is 46.6 Å². The molecule has 116 valence electrons. The molecule has 0 saturated heterocycles. The second kappa shape index (κ2) is 7.86. The van der Waals surface area contributed by atoms with Gasteiger partial charge in [0.1, 0.15) is 0 Å². The predicted molar refractivity (Wildman–Crippen MR) is 94.0 cm³/mol. The lowest BCUT2D eigenvalue weighted by molar-refractivity contribution is -0.116. The zero-order valence-corrected chi connectivity index (χ0v) is 14.6. The molecule has 0 bridgehead atoms. The number of carbonyl (C=O) groups excluding carboxylic acids is 1. The Morgan fingerprint density at radius 1 is 1.32 bits per heavy atom. The molecule has 0 aliphatic carbocycles. The summed E-state index contributed by atoms with van der Waals surface area (Å²) in [6, 6.07) is 8.98. The molecule has 0 atom stereocenters. The number of nitrogens with zero attached hydrogens (tertiary/aromatic N) is 2. The number of carbonyl (C=O) groups is 1. The minimum absolute atomic E-state index is 0.00374. The van der Waals surface area contributed by atoms with E-state index in [4.69, 9.17) is 23.2 Å². The summed E-state index contributed by atoms with van der Waals surface area (Å²) in [5, 5.41) is 1.20. The monoisotopic (exact) mass is 354 g/mol. The van der Waals surface area contributed by atoms with Gasteiger partial charge in [0.2, 0.25) is 5.91 Å². The molecular weight excluding hydrogens is 339 g/mol. The Hall–Kier alpha value is -1.23. The van der Waals surface area contributed by atoms with Crippen LogP contribution in [-0.2, 0) is 4.79 Å². The van der Waals surface area contributed by atoms with Gasteiger partial charge in [0.25, 0.3) is 0 Å². The molecule has 0 aliphatic rings. The maximum Gasteiger partial charge on any atom is 0.237 e. The summed E-state index contributed by atoms with van der Waals surface area (Å²) in [7, 11) is 0. The Balaban J connectivity index is 2.11. The van der Waals surface area contributed by atoms with Gasteiger partial charge in [0, 0.05) is 22.2 Å². The van der Waals surface area contributed by atoms with Gasteiger partial charge in [0.05, 0.1) is 22.7 Å². The molecule has 1 heterocycles. The SMILES string of the molecule is CC(C)N(C(=O)CSc1cc(Cl)ccc1Cl)c1cccnc1. The van der Waals surface area contributed by atoms with Gasteiger partial charge in [-0.3, -0.25) is 9.78 Å². The predicted octanol–water partition coefficient (Wildman–Crippen LogP) is 4.92. The second-order valence-corrected chi connectivity index (χ2v) is 6.79. The highest BCUT2D eigenvalue weighted by Crippen LogP contribution is 2.30. The van der Waals surface area contributed by atoms with Crippen LogP contribution in [0.5, 0.6) is 0 Å². The smallest absolute Gasteiger partial charge is 0.237 e. The summed E-state index contributed by atoms with van der Waals surface area (Å²) in [5.41, 5.74) is 0.792. The van der Waals surface area contributed by atoms with E-state index in [0.717, 1.165) is 10.6 Å². The molecule has 0 radical (unpaired) electrons. The molecule has 6 heteroatoms. The van der Waals surface area contributed by atoms with Crippen molar-refractivity contribution in [2.75, 3.05) is 10.7 Å². The highest BCUT2D eigenvalue weighted by molar-refractivity contribution is 8.00. The molecule has 0 saturated carbocycles. The summed E-state index contributed by atoms with van der Waals surface area (Å²) < 4.78 is 0. The molecule has 1 amide bonds. The van der Waals surface area contributed by atoms with Gasteiger partial charge in [0.15, 0.2) is 0 Å². The topological polar surface area (TPSA) is 33.2 Å². The number of hydrogen-bond donors (Lipinski definition) is 0. The van der Waals surface area contributed by atoms with Crippen molar-refractivity contribution in [2.45, 2.75) is 24.8 Å². The fraction of sp³-hybridized carbons (Fsp3) is 0.250. The van der Waals surface area contributed by atoms with Crippen LogP contribution in [0.3, 0.4) is 0 Å². The van der Waals surface area contributed by atoms with E-state index in [1.807, 2.05) is 26.0 Å². The third kappa shape index (κ3) is 4.38. The first-order valence-electron chi connectivity index (χ1n) is 6.79. The number of thioether (sulfide) groups is 1. The van der Waals surface area contributed by atoms with Crippen LogP contribution in [0.2, 0.25) is 10.0 Å². The lowest BCUT2D eigenvalue weighted by Gasteiger charge is -2.26. The highest BCUT2D eigenvalue weighted by atomic mass is 35.5. The van der Waals surface area contributed by atoms with E-state index in [1.165, 1.54) is 11.8 Å². The highest BCUT2D eigenvalue weighted by Gasteiger charge is 2.19. The largest absolute Gasteiger partial charge is 0.308 e. The van der Waals surface area contributed by atoms with Crippen molar-refractivity contribution in [3.63, 3.8) is 0 Å². The second-order valence-electron chi connectivity index (χ2n) is 4.93. The van der Waals surface area contributed by atoms with Gasteiger partial charge in [-0.15, -0.1) is 11.8 Å². The lowest BCUT2D eigenvalue weighted by atomic mass is 10.2. The van der Waals surface area contributed by atoms with Crippen LogP contribution in [0.15, 0.2) is 47.6 Å². The Morgan fingerprint density at radius 3 is 2.73 bits per heavy atom. The maximum absolute atomic E-state index is 12.6. The average molecular weight is 355 g/mol. The fourth-order valence-electron chi connectivity index (χ4n) is 2.02. The third-order valence-corrected chi connectivity index (χ3v) is 4.67. The minimum atomic E-state index is 0.00374. The Labute approximate surface area is 144 Å². The third-order valence-electron chi connectivity index (χ3n) is 2.95. The van der Waals surface area contributed by atoms with Crippen LogP contribution in [0.1, 0.15) is 13.8 Å². The molecule has 0 N–H and O–H groups in total. The molecule has 0 aliphatic heterocycles. The molecule has 0 spiro atoms. The van der Waals surface area contributed by atoms with Crippen molar-refractivity contribution in [3.8, 4) is 0 Å². The van der Waals surface area contributed by atoms with E-state index >= 15 is 0 Å². The number of benzene rings is 1. The van der Waals surface area contributed by atoms with Crippen molar-refractivity contribution in [1.82, 2.24) is 4.98 Å². The van der Waals surface area contributed by atoms with Crippen LogP contribution in [0.4, 0.5) is 5.69 Å². The Bertz CT molecular complexity index is 650. The van der Waals surface area contributed by atoms with Crippen LogP contribution in [0, 0.1) is 0 Å². The lowest BCUT2D eigenvalue weighted by Crippen LogP contribution is -2.38. The zero-order chi connectivity index (χ0) is 16.1. The van der Waals surface area contributed by atoms with Crippen LogP contribution in [-0.4, -0.2) is 22.7 Å². The van der Waals surface area contributed by atoms with E-state index in [9.17, 15) is 4.79 Å². The molecule has 2 aromatic rings. The first kappa shape index (κ1) is 17.1. The van der Waals surface area contributed by atoms with Gasteiger partial charge in [-0.2, -0.15) is 0 Å². The molecule has 3 nitrogen and oxygen atoms in total. The number of amides is 1. The summed E-state index contributed by atoms with van der Waals surface area (Å²) in [4.78, 5) is 19.2. The fourth-order valence-corrected chi connectivity index (χ4v) is 3.38. The summed E-state index contributed by atoms with van der Waals surface area (Å²) in [5.74, 6) is 0.289. The minimum Gasteiger partial charge on any atom is -0.308 e. The molecule has 1 aromatic carbocycles. The standard InChI is InChI=1S/C16H16Cl2N2OS/c1-11(2)20(13-4-3-7-19-9-13)16(21)10-22-15-8-12(17)5-6-14(15)18/h3-9,11H,10H2,1-2H3. The maximum atomic E-state index is 12.6. The van der Waals surface area contributed by atoms with E-state index < -0.39 is 0 Å². The van der Waals surface area contributed by atoms with E-state index in [1.54, 1.807) is 35.5 Å².